The predicted molar refractivity (Wildman–Crippen MR) is 224 cm³/mol. The molecule has 0 radical (unpaired) electrons. The lowest BCUT2D eigenvalue weighted by molar-refractivity contribution is 0.979. The molecule has 10 rings (SSSR count). The molecule has 0 fully saturated rings. The molecule has 55 heavy (non-hydrogen) atoms. The second-order valence-corrected chi connectivity index (χ2v) is 13.5. The van der Waals surface area contributed by atoms with Crippen molar-refractivity contribution in [3.05, 3.63) is 200 Å². The van der Waals surface area contributed by atoms with E-state index in [0.29, 0.717) is 17.5 Å². The Kier molecular flexibility index (Phi) is 8.08. The van der Waals surface area contributed by atoms with Crippen LogP contribution in [0.2, 0.25) is 0 Å². The summed E-state index contributed by atoms with van der Waals surface area (Å²) in [5, 5.41) is 7.49. The molecule has 7 aromatic carbocycles. The SMILES string of the molecule is c1ccc(-c2ccc(-c3nc(-c4ccccc4)nc(-c4cccc5c4cc(-c4ccccc4)n4nc(-c6ccccc6)c(-c6ccccc6)c54)n3)cc2)cc1. The van der Waals surface area contributed by atoms with Crippen LogP contribution in [0.3, 0.4) is 0 Å². The van der Waals surface area contributed by atoms with Crippen molar-refractivity contribution >= 4 is 16.3 Å². The van der Waals surface area contributed by atoms with Crippen molar-refractivity contribution in [3.8, 4) is 78.9 Å². The fourth-order valence-corrected chi connectivity index (χ4v) is 7.44. The molecule has 258 valence electrons. The Morgan fingerprint density at radius 2 is 0.782 bits per heavy atom. The molecular formula is C50H33N5. The van der Waals surface area contributed by atoms with Gasteiger partial charge in [0.05, 0.1) is 11.2 Å². The molecular weight excluding hydrogens is 671 g/mol. The number of pyridine rings is 1. The van der Waals surface area contributed by atoms with Gasteiger partial charge >= 0.3 is 0 Å². The first-order chi connectivity index (χ1) is 27.3. The predicted octanol–water partition coefficient (Wildman–Crippen LogP) is 12.3. The summed E-state index contributed by atoms with van der Waals surface area (Å²) in [6.45, 7) is 0. The average Bonchev–Trinajstić information content (AvgIpc) is 3.69. The van der Waals surface area contributed by atoms with Crippen molar-refractivity contribution in [2.45, 2.75) is 0 Å². The van der Waals surface area contributed by atoms with Crippen LogP contribution in [0, 0.1) is 0 Å². The number of aromatic nitrogens is 5. The third kappa shape index (κ3) is 5.94. The van der Waals surface area contributed by atoms with E-state index < -0.39 is 0 Å². The molecule has 0 aliphatic heterocycles. The van der Waals surface area contributed by atoms with Gasteiger partial charge in [-0.3, -0.25) is 0 Å². The monoisotopic (exact) mass is 703 g/mol. The van der Waals surface area contributed by atoms with Crippen molar-refractivity contribution in [1.82, 2.24) is 24.6 Å². The fraction of sp³-hybridized carbons (Fsp3) is 0. The van der Waals surface area contributed by atoms with Crippen molar-refractivity contribution in [2.75, 3.05) is 0 Å². The lowest BCUT2D eigenvalue weighted by atomic mass is 9.95. The van der Waals surface area contributed by atoms with E-state index in [1.54, 1.807) is 0 Å². The molecule has 0 saturated carbocycles. The lowest BCUT2D eigenvalue weighted by Gasteiger charge is -2.14. The van der Waals surface area contributed by atoms with E-state index in [2.05, 4.69) is 156 Å². The quantitative estimate of drug-likeness (QED) is 0.166. The van der Waals surface area contributed by atoms with E-state index >= 15 is 0 Å². The molecule has 0 aliphatic rings. The van der Waals surface area contributed by atoms with Gasteiger partial charge in [-0.1, -0.05) is 194 Å². The van der Waals surface area contributed by atoms with Crippen LogP contribution in [-0.4, -0.2) is 24.6 Å². The Hall–Kier alpha value is -7.50. The van der Waals surface area contributed by atoms with Crippen molar-refractivity contribution in [2.24, 2.45) is 0 Å². The topological polar surface area (TPSA) is 56.0 Å². The maximum atomic E-state index is 5.40. The van der Waals surface area contributed by atoms with Crippen LogP contribution in [-0.2, 0) is 0 Å². The second-order valence-electron chi connectivity index (χ2n) is 13.5. The van der Waals surface area contributed by atoms with E-state index in [0.717, 1.165) is 77.7 Å². The van der Waals surface area contributed by atoms with Crippen molar-refractivity contribution < 1.29 is 0 Å². The molecule has 5 heteroatoms. The third-order valence-electron chi connectivity index (χ3n) is 10.1. The van der Waals surface area contributed by atoms with Gasteiger partial charge in [0, 0.05) is 38.8 Å². The van der Waals surface area contributed by atoms with Crippen LogP contribution in [0.5, 0.6) is 0 Å². The lowest BCUT2D eigenvalue weighted by Crippen LogP contribution is -2.01. The molecule has 0 amide bonds. The Labute approximate surface area is 318 Å². The minimum absolute atomic E-state index is 0.606. The smallest absolute Gasteiger partial charge is 0.164 e. The van der Waals surface area contributed by atoms with E-state index in [9.17, 15) is 0 Å². The minimum atomic E-state index is 0.606. The molecule has 0 spiro atoms. The zero-order chi connectivity index (χ0) is 36.6. The molecule has 5 nitrogen and oxygen atoms in total. The number of hydrogen-bond donors (Lipinski definition) is 0. The van der Waals surface area contributed by atoms with Gasteiger partial charge in [0.1, 0.15) is 5.69 Å². The van der Waals surface area contributed by atoms with Gasteiger partial charge in [0.25, 0.3) is 0 Å². The maximum absolute atomic E-state index is 5.40. The summed E-state index contributed by atoms with van der Waals surface area (Å²) in [6, 6.07) is 69.1. The fourth-order valence-electron chi connectivity index (χ4n) is 7.44. The standard InChI is InChI=1S/C50H33N5/c1-6-17-34(18-7-1)35-29-31-40(32-30-35)49-51-48(39-25-14-5-15-26-39)52-50(53-49)42-28-16-27-41-43(42)33-44(36-19-8-2-9-20-36)55-47(41)45(37-21-10-3-11-22-37)46(54-55)38-23-12-4-13-24-38/h1-33H. The first-order valence-corrected chi connectivity index (χ1v) is 18.4. The summed E-state index contributed by atoms with van der Waals surface area (Å²) in [4.78, 5) is 15.5. The second kappa shape index (κ2) is 13.8. The zero-order valence-electron chi connectivity index (χ0n) is 29.8. The van der Waals surface area contributed by atoms with Crippen LogP contribution < -0.4 is 0 Å². The van der Waals surface area contributed by atoms with Gasteiger partial charge < -0.3 is 0 Å². The van der Waals surface area contributed by atoms with Gasteiger partial charge in [-0.15, -0.1) is 0 Å². The van der Waals surface area contributed by atoms with E-state index in [4.69, 9.17) is 20.1 Å². The van der Waals surface area contributed by atoms with Crippen LogP contribution in [0.25, 0.3) is 95.2 Å². The molecule has 0 aliphatic carbocycles. The summed E-state index contributed by atoms with van der Waals surface area (Å²) < 4.78 is 2.12. The molecule has 0 atom stereocenters. The van der Waals surface area contributed by atoms with Gasteiger partial charge in [0.15, 0.2) is 17.5 Å². The van der Waals surface area contributed by atoms with E-state index in [1.165, 1.54) is 0 Å². The van der Waals surface area contributed by atoms with E-state index in [-0.39, 0.29) is 0 Å². The number of fused-ring (bicyclic) bond motifs is 3. The highest BCUT2D eigenvalue weighted by Crippen LogP contribution is 2.43. The molecule has 3 heterocycles. The highest BCUT2D eigenvalue weighted by atomic mass is 15.2. The molecule has 10 aromatic rings. The molecule has 0 saturated heterocycles. The first-order valence-electron chi connectivity index (χ1n) is 18.4. The largest absolute Gasteiger partial charge is 0.231 e. The normalized spacial score (nSPS) is 11.3. The van der Waals surface area contributed by atoms with Gasteiger partial charge in [-0.05, 0) is 28.1 Å². The number of hydrogen-bond acceptors (Lipinski definition) is 4. The highest BCUT2D eigenvalue weighted by molar-refractivity contribution is 6.12. The summed E-state index contributed by atoms with van der Waals surface area (Å²) in [5.41, 5.74) is 12.3. The Balaban J connectivity index is 1.26. The average molecular weight is 704 g/mol. The first kappa shape index (κ1) is 32.2. The van der Waals surface area contributed by atoms with Crippen LogP contribution in [0.15, 0.2) is 200 Å². The Morgan fingerprint density at radius 1 is 0.327 bits per heavy atom. The van der Waals surface area contributed by atoms with Gasteiger partial charge in [0.2, 0.25) is 0 Å². The van der Waals surface area contributed by atoms with Crippen LogP contribution in [0.1, 0.15) is 0 Å². The van der Waals surface area contributed by atoms with Gasteiger partial charge in [-0.2, -0.15) is 5.10 Å². The molecule has 0 unspecified atom stereocenters. The zero-order valence-corrected chi connectivity index (χ0v) is 29.8. The third-order valence-corrected chi connectivity index (χ3v) is 10.1. The molecule has 0 bridgehead atoms. The Morgan fingerprint density at radius 3 is 1.38 bits per heavy atom. The maximum Gasteiger partial charge on any atom is 0.164 e. The number of nitrogens with zero attached hydrogens (tertiary/aromatic N) is 5. The van der Waals surface area contributed by atoms with Crippen LogP contribution in [0.4, 0.5) is 0 Å². The Bertz CT molecular complexity index is 2930. The van der Waals surface area contributed by atoms with E-state index in [1.807, 2.05) is 48.5 Å². The number of benzene rings is 7. The highest BCUT2D eigenvalue weighted by Gasteiger charge is 2.23. The molecule has 3 aromatic heterocycles. The van der Waals surface area contributed by atoms with Crippen molar-refractivity contribution in [3.63, 3.8) is 0 Å². The summed E-state index contributed by atoms with van der Waals surface area (Å²) in [7, 11) is 0. The summed E-state index contributed by atoms with van der Waals surface area (Å²) in [5.74, 6) is 1.84. The molecule has 0 N–H and O–H groups in total. The van der Waals surface area contributed by atoms with Gasteiger partial charge in [-0.25, -0.2) is 19.5 Å². The number of rotatable bonds is 7. The van der Waals surface area contributed by atoms with Crippen molar-refractivity contribution in [1.29, 1.82) is 0 Å². The van der Waals surface area contributed by atoms with Crippen LogP contribution >= 0.6 is 0 Å². The summed E-state index contributed by atoms with van der Waals surface area (Å²) >= 11 is 0. The minimum Gasteiger partial charge on any atom is -0.231 e. The summed E-state index contributed by atoms with van der Waals surface area (Å²) in [6.07, 6.45) is 0.